The summed E-state index contributed by atoms with van der Waals surface area (Å²) in [5.41, 5.74) is 10.3. The number of carbonyl (C=O) groups excluding carboxylic acids is 1. The van der Waals surface area contributed by atoms with Gasteiger partial charge in [-0.3, -0.25) is 4.79 Å². The highest BCUT2D eigenvalue weighted by atomic mass is 16.5. The predicted molar refractivity (Wildman–Crippen MR) is 59.1 cm³/mol. The van der Waals surface area contributed by atoms with Gasteiger partial charge in [-0.05, 0) is 30.5 Å². The van der Waals surface area contributed by atoms with Crippen LogP contribution in [-0.4, -0.2) is 12.9 Å². The second-order valence-electron chi connectivity index (χ2n) is 3.61. The van der Waals surface area contributed by atoms with Gasteiger partial charge in [0.2, 0.25) is 0 Å². The minimum atomic E-state index is 0.0301. The number of azide groups is 1. The van der Waals surface area contributed by atoms with Crippen LogP contribution in [0.25, 0.3) is 10.4 Å². The van der Waals surface area contributed by atoms with Crippen LogP contribution in [0.5, 0.6) is 5.75 Å². The largest absolute Gasteiger partial charge is 0.496 e. The van der Waals surface area contributed by atoms with Gasteiger partial charge in [-0.2, -0.15) is 0 Å². The molecule has 0 spiro atoms. The zero-order valence-electron chi connectivity index (χ0n) is 8.93. The zero-order valence-corrected chi connectivity index (χ0v) is 8.93. The van der Waals surface area contributed by atoms with Gasteiger partial charge in [0.15, 0.2) is 5.78 Å². The highest BCUT2D eigenvalue weighted by Crippen LogP contribution is 2.36. The molecular formula is C11H11N3O2. The van der Waals surface area contributed by atoms with Crippen molar-refractivity contribution >= 4 is 11.5 Å². The highest BCUT2D eigenvalue weighted by Gasteiger charge is 2.23. The molecule has 1 aliphatic carbocycles. The van der Waals surface area contributed by atoms with Crippen molar-refractivity contribution in [1.29, 1.82) is 0 Å². The molecule has 1 aromatic rings. The van der Waals surface area contributed by atoms with E-state index in [9.17, 15) is 4.79 Å². The number of hydrogen-bond acceptors (Lipinski definition) is 3. The van der Waals surface area contributed by atoms with Gasteiger partial charge in [-0.25, -0.2) is 0 Å². The molecule has 1 aromatic carbocycles. The second-order valence-corrected chi connectivity index (χ2v) is 3.61. The molecule has 0 fully saturated rings. The Balaban J connectivity index is 2.68. The van der Waals surface area contributed by atoms with E-state index in [2.05, 4.69) is 10.0 Å². The molecule has 5 nitrogen and oxygen atoms in total. The molecule has 0 unspecified atom stereocenters. The molecule has 0 amide bonds. The van der Waals surface area contributed by atoms with Gasteiger partial charge in [-0.15, -0.1) is 0 Å². The number of ketones is 1. The van der Waals surface area contributed by atoms with Gasteiger partial charge in [0.25, 0.3) is 0 Å². The van der Waals surface area contributed by atoms with E-state index >= 15 is 0 Å². The third-order valence-corrected chi connectivity index (χ3v) is 2.73. The summed E-state index contributed by atoms with van der Waals surface area (Å²) in [6.45, 7) is 0. The van der Waals surface area contributed by atoms with Gasteiger partial charge in [-0.1, -0.05) is 5.11 Å². The summed E-state index contributed by atoms with van der Waals surface area (Å²) >= 11 is 0. The van der Waals surface area contributed by atoms with Crippen LogP contribution in [0.3, 0.4) is 0 Å². The van der Waals surface area contributed by atoms with Crippen molar-refractivity contribution in [3.8, 4) is 5.75 Å². The molecular weight excluding hydrogens is 206 g/mol. The Morgan fingerprint density at radius 2 is 2.25 bits per heavy atom. The van der Waals surface area contributed by atoms with Gasteiger partial charge in [0.05, 0.1) is 7.11 Å². The molecule has 0 atom stereocenters. The number of Topliss-reactive ketones (excluding diaryl/α,β-unsaturated/α-hetero) is 1. The first kappa shape index (κ1) is 10.5. The minimum Gasteiger partial charge on any atom is -0.496 e. The quantitative estimate of drug-likeness (QED) is 0.433. The maximum Gasteiger partial charge on any atom is 0.163 e. The highest BCUT2D eigenvalue weighted by molar-refractivity contribution is 6.03. The molecule has 2 rings (SSSR count). The first-order valence-corrected chi connectivity index (χ1v) is 5.06. The van der Waals surface area contributed by atoms with Crippen LogP contribution < -0.4 is 4.74 Å². The summed E-state index contributed by atoms with van der Waals surface area (Å²) < 4.78 is 5.21. The van der Waals surface area contributed by atoms with Crippen LogP contribution in [-0.2, 0) is 6.42 Å². The van der Waals surface area contributed by atoms with E-state index in [1.165, 1.54) is 0 Å². The average Bonchev–Trinajstić information content (AvgIpc) is 2.30. The predicted octanol–water partition coefficient (Wildman–Crippen LogP) is 3.16. The molecule has 0 heterocycles. The van der Waals surface area contributed by atoms with E-state index in [4.69, 9.17) is 10.3 Å². The molecule has 5 heteroatoms. The van der Waals surface area contributed by atoms with E-state index < -0.39 is 0 Å². The van der Waals surface area contributed by atoms with Gasteiger partial charge in [0, 0.05) is 28.1 Å². The minimum absolute atomic E-state index is 0.0301. The molecule has 0 aromatic heterocycles. The molecule has 16 heavy (non-hydrogen) atoms. The summed E-state index contributed by atoms with van der Waals surface area (Å²) in [6.07, 6.45) is 2.12. The number of benzene rings is 1. The number of fused-ring (bicyclic) bond motifs is 1. The standard InChI is InChI=1S/C11H11N3O2/c1-16-10-6-5-8(13-14-12)11-7(10)3-2-4-9(11)15/h5-6H,2-4H2,1H3. The van der Waals surface area contributed by atoms with Crippen LogP contribution >= 0.6 is 0 Å². The van der Waals surface area contributed by atoms with E-state index in [-0.39, 0.29) is 5.78 Å². The SMILES string of the molecule is COc1ccc(N=[N+]=[N-])c2c1CCCC2=O. The van der Waals surface area contributed by atoms with E-state index in [0.29, 0.717) is 23.4 Å². The van der Waals surface area contributed by atoms with Gasteiger partial charge in [0.1, 0.15) is 5.75 Å². The smallest absolute Gasteiger partial charge is 0.163 e. The fourth-order valence-electron chi connectivity index (χ4n) is 2.05. The summed E-state index contributed by atoms with van der Waals surface area (Å²) in [5.74, 6) is 0.725. The Bertz CT molecular complexity index is 490. The van der Waals surface area contributed by atoms with Gasteiger partial charge < -0.3 is 4.74 Å². The van der Waals surface area contributed by atoms with Crippen molar-refractivity contribution in [3.63, 3.8) is 0 Å². The topological polar surface area (TPSA) is 75.1 Å². The normalized spacial score (nSPS) is 13.9. The lowest BCUT2D eigenvalue weighted by atomic mass is 9.89. The summed E-state index contributed by atoms with van der Waals surface area (Å²) in [5, 5.41) is 3.55. The number of carbonyl (C=O) groups is 1. The van der Waals surface area contributed by atoms with Crippen LogP contribution in [0.1, 0.15) is 28.8 Å². The fraction of sp³-hybridized carbons (Fsp3) is 0.364. The lowest BCUT2D eigenvalue weighted by molar-refractivity contribution is 0.0972. The molecule has 1 aliphatic rings. The second kappa shape index (κ2) is 4.24. The summed E-state index contributed by atoms with van der Waals surface area (Å²) in [6, 6.07) is 3.36. The van der Waals surface area contributed by atoms with Crippen molar-refractivity contribution in [1.82, 2.24) is 0 Å². The molecule has 0 N–H and O–H groups in total. The average molecular weight is 217 g/mol. The van der Waals surface area contributed by atoms with E-state index in [1.54, 1.807) is 19.2 Å². The molecule has 0 saturated carbocycles. The maximum atomic E-state index is 11.8. The van der Waals surface area contributed by atoms with Gasteiger partial charge >= 0.3 is 0 Å². The van der Waals surface area contributed by atoms with Crippen molar-refractivity contribution in [2.75, 3.05) is 7.11 Å². The Kier molecular flexibility index (Phi) is 2.79. The number of nitrogens with zero attached hydrogens (tertiary/aromatic N) is 3. The Hall–Kier alpha value is -2.00. The summed E-state index contributed by atoms with van der Waals surface area (Å²) in [7, 11) is 1.57. The van der Waals surface area contributed by atoms with Crippen LogP contribution in [0, 0.1) is 0 Å². The molecule has 0 radical (unpaired) electrons. The number of hydrogen-bond donors (Lipinski definition) is 0. The summed E-state index contributed by atoms with van der Waals surface area (Å²) in [4.78, 5) is 14.5. The molecule has 0 bridgehead atoms. The van der Waals surface area contributed by atoms with Crippen molar-refractivity contribution in [3.05, 3.63) is 33.7 Å². The lowest BCUT2D eigenvalue weighted by Gasteiger charge is -2.19. The molecule has 0 saturated heterocycles. The monoisotopic (exact) mass is 217 g/mol. The van der Waals surface area contributed by atoms with Crippen molar-refractivity contribution in [2.24, 2.45) is 5.11 Å². The number of rotatable bonds is 2. The third-order valence-electron chi connectivity index (χ3n) is 2.73. The zero-order chi connectivity index (χ0) is 11.5. The van der Waals surface area contributed by atoms with E-state index in [0.717, 1.165) is 18.4 Å². The Morgan fingerprint density at radius 3 is 2.94 bits per heavy atom. The van der Waals surface area contributed by atoms with Crippen molar-refractivity contribution < 1.29 is 9.53 Å². The molecule has 0 aliphatic heterocycles. The van der Waals surface area contributed by atoms with Crippen LogP contribution in [0.4, 0.5) is 5.69 Å². The van der Waals surface area contributed by atoms with Crippen molar-refractivity contribution in [2.45, 2.75) is 19.3 Å². The maximum absolute atomic E-state index is 11.8. The lowest BCUT2D eigenvalue weighted by Crippen LogP contribution is -2.12. The van der Waals surface area contributed by atoms with Crippen LogP contribution in [0.15, 0.2) is 17.2 Å². The number of ether oxygens (including phenoxy) is 1. The first-order chi connectivity index (χ1) is 7.77. The number of methoxy groups -OCH3 is 1. The van der Waals surface area contributed by atoms with Crippen LogP contribution in [0.2, 0.25) is 0 Å². The molecule has 82 valence electrons. The fourth-order valence-corrected chi connectivity index (χ4v) is 2.05. The third kappa shape index (κ3) is 1.61. The Morgan fingerprint density at radius 1 is 1.44 bits per heavy atom. The Labute approximate surface area is 92.7 Å². The first-order valence-electron chi connectivity index (χ1n) is 5.06. The van der Waals surface area contributed by atoms with E-state index in [1.807, 2.05) is 0 Å².